The summed E-state index contributed by atoms with van der Waals surface area (Å²) >= 11 is 0. The van der Waals surface area contributed by atoms with E-state index in [0.717, 1.165) is 30.5 Å². The third-order valence-electron chi connectivity index (χ3n) is 3.44. The van der Waals surface area contributed by atoms with Crippen LogP contribution in [0.1, 0.15) is 32.9 Å². The Morgan fingerprint density at radius 1 is 1.35 bits per heavy atom. The van der Waals surface area contributed by atoms with E-state index >= 15 is 0 Å². The molecule has 1 aromatic rings. The van der Waals surface area contributed by atoms with Crippen LogP contribution in [-0.2, 0) is 0 Å². The minimum Gasteiger partial charge on any atom is -0.370 e. The molecule has 4 heteroatoms. The molecule has 2 N–H and O–H groups in total. The van der Waals surface area contributed by atoms with Crippen LogP contribution in [0.3, 0.4) is 0 Å². The SMILES string of the molecule is CCNc1nc(C)cc(NCC2CC2(C)C)n1. The predicted molar refractivity (Wildman–Crippen MR) is 71.3 cm³/mol. The van der Waals surface area contributed by atoms with Crippen molar-refractivity contribution < 1.29 is 0 Å². The van der Waals surface area contributed by atoms with E-state index in [-0.39, 0.29) is 0 Å². The molecular weight excluding hydrogens is 212 g/mol. The van der Waals surface area contributed by atoms with Gasteiger partial charge in [-0.3, -0.25) is 0 Å². The molecule has 4 nitrogen and oxygen atoms in total. The molecule has 0 amide bonds. The molecule has 17 heavy (non-hydrogen) atoms. The average Bonchev–Trinajstić information content (AvgIpc) is 2.83. The normalized spacial score (nSPS) is 21.1. The van der Waals surface area contributed by atoms with Crippen LogP contribution >= 0.6 is 0 Å². The summed E-state index contributed by atoms with van der Waals surface area (Å²) in [6, 6.07) is 2.00. The van der Waals surface area contributed by atoms with Gasteiger partial charge >= 0.3 is 0 Å². The first-order valence-electron chi connectivity index (χ1n) is 6.34. The van der Waals surface area contributed by atoms with E-state index in [9.17, 15) is 0 Å². The van der Waals surface area contributed by atoms with Gasteiger partial charge < -0.3 is 10.6 Å². The Hall–Kier alpha value is -1.32. The van der Waals surface area contributed by atoms with Gasteiger partial charge in [-0.15, -0.1) is 0 Å². The van der Waals surface area contributed by atoms with E-state index in [1.165, 1.54) is 6.42 Å². The van der Waals surface area contributed by atoms with Crippen molar-refractivity contribution in [2.75, 3.05) is 23.7 Å². The van der Waals surface area contributed by atoms with Gasteiger partial charge in [0.2, 0.25) is 5.95 Å². The highest BCUT2D eigenvalue weighted by atomic mass is 15.1. The molecule has 0 aliphatic heterocycles. The zero-order valence-corrected chi connectivity index (χ0v) is 11.2. The lowest BCUT2D eigenvalue weighted by Gasteiger charge is -2.09. The van der Waals surface area contributed by atoms with Crippen molar-refractivity contribution in [3.8, 4) is 0 Å². The fourth-order valence-electron chi connectivity index (χ4n) is 2.05. The van der Waals surface area contributed by atoms with Gasteiger partial charge in [0.1, 0.15) is 5.82 Å². The lowest BCUT2D eigenvalue weighted by molar-refractivity contribution is 0.573. The maximum Gasteiger partial charge on any atom is 0.224 e. The Morgan fingerprint density at radius 2 is 2.06 bits per heavy atom. The molecule has 0 spiro atoms. The molecule has 1 aromatic heterocycles. The molecule has 94 valence electrons. The van der Waals surface area contributed by atoms with Gasteiger partial charge in [0, 0.05) is 24.8 Å². The maximum atomic E-state index is 4.44. The molecular formula is C13H22N4. The molecule has 0 bridgehead atoms. The molecule has 1 unspecified atom stereocenters. The first-order valence-corrected chi connectivity index (χ1v) is 6.34. The molecule has 1 atom stereocenters. The molecule has 1 aliphatic carbocycles. The Morgan fingerprint density at radius 3 is 2.65 bits per heavy atom. The quantitative estimate of drug-likeness (QED) is 0.822. The van der Waals surface area contributed by atoms with Crippen molar-refractivity contribution in [3.05, 3.63) is 11.8 Å². The highest BCUT2D eigenvalue weighted by Crippen LogP contribution is 2.51. The van der Waals surface area contributed by atoms with E-state index in [0.29, 0.717) is 11.4 Å². The lowest BCUT2D eigenvalue weighted by Crippen LogP contribution is -2.11. The molecule has 0 aromatic carbocycles. The number of hydrogen-bond donors (Lipinski definition) is 2. The number of nitrogens with zero attached hydrogens (tertiary/aromatic N) is 2. The van der Waals surface area contributed by atoms with E-state index in [1.54, 1.807) is 0 Å². The van der Waals surface area contributed by atoms with Gasteiger partial charge in [0.25, 0.3) is 0 Å². The van der Waals surface area contributed by atoms with E-state index in [1.807, 2.05) is 19.9 Å². The minimum absolute atomic E-state index is 0.513. The van der Waals surface area contributed by atoms with Crippen LogP contribution < -0.4 is 10.6 Å². The fraction of sp³-hybridized carbons (Fsp3) is 0.692. The van der Waals surface area contributed by atoms with Crippen LogP contribution in [-0.4, -0.2) is 23.1 Å². The van der Waals surface area contributed by atoms with E-state index in [2.05, 4.69) is 34.4 Å². The van der Waals surface area contributed by atoms with Crippen LogP contribution in [0.4, 0.5) is 11.8 Å². The Kier molecular flexibility index (Phi) is 3.22. The van der Waals surface area contributed by atoms with Crippen LogP contribution in [0.25, 0.3) is 0 Å². The number of rotatable bonds is 5. The highest BCUT2D eigenvalue weighted by Gasteiger charge is 2.44. The predicted octanol–water partition coefficient (Wildman–Crippen LogP) is 2.67. The van der Waals surface area contributed by atoms with E-state index in [4.69, 9.17) is 0 Å². The lowest BCUT2D eigenvalue weighted by atomic mass is 10.1. The summed E-state index contributed by atoms with van der Waals surface area (Å²) in [5, 5.41) is 6.56. The second-order valence-corrected chi connectivity index (χ2v) is 5.52. The van der Waals surface area contributed by atoms with Gasteiger partial charge in [0.05, 0.1) is 0 Å². The van der Waals surface area contributed by atoms with Gasteiger partial charge in [-0.2, -0.15) is 4.98 Å². The third-order valence-corrected chi connectivity index (χ3v) is 3.44. The first kappa shape index (κ1) is 12.1. The van der Waals surface area contributed by atoms with Crippen molar-refractivity contribution in [2.24, 2.45) is 11.3 Å². The van der Waals surface area contributed by atoms with Gasteiger partial charge in [-0.1, -0.05) is 13.8 Å². The van der Waals surface area contributed by atoms with Crippen molar-refractivity contribution in [1.82, 2.24) is 9.97 Å². The Bertz CT molecular complexity index is 400. The monoisotopic (exact) mass is 234 g/mol. The summed E-state index contributed by atoms with van der Waals surface area (Å²) in [6.07, 6.45) is 1.31. The Labute approximate surface area is 103 Å². The molecule has 1 fully saturated rings. The van der Waals surface area contributed by atoms with Crippen molar-refractivity contribution in [3.63, 3.8) is 0 Å². The summed E-state index contributed by atoms with van der Waals surface area (Å²) in [5.74, 6) is 2.42. The minimum atomic E-state index is 0.513. The molecule has 2 rings (SSSR count). The number of anilines is 2. The average molecular weight is 234 g/mol. The molecule has 1 heterocycles. The number of aryl methyl sites for hydroxylation is 1. The first-order chi connectivity index (χ1) is 8.01. The van der Waals surface area contributed by atoms with E-state index < -0.39 is 0 Å². The standard InChI is InChI=1S/C13H22N4/c1-5-14-12-16-9(2)6-11(17-12)15-8-10-7-13(10,3)4/h6,10H,5,7-8H2,1-4H3,(H2,14,15,16,17). The summed E-state index contributed by atoms with van der Waals surface area (Å²) in [6.45, 7) is 10.5. The van der Waals surface area contributed by atoms with Crippen molar-refractivity contribution >= 4 is 11.8 Å². The van der Waals surface area contributed by atoms with Gasteiger partial charge in [-0.25, -0.2) is 4.98 Å². The smallest absolute Gasteiger partial charge is 0.224 e. The van der Waals surface area contributed by atoms with Crippen LogP contribution in [0.5, 0.6) is 0 Å². The van der Waals surface area contributed by atoms with Crippen LogP contribution in [0.15, 0.2) is 6.07 Å². The highest BCUT2D eigenvalue weighted by molar-refractivity contribution is 5.42. The molecule has 1 saturated carbocycles. The summed E-state index contributed by atoms with van der Waals surface area (Å²) < 4.78 is 0. The molecule has 1 aliphatic rings. The van der Waals surface area contributed by atoms with Crippen molar-refractivity contribution in [1.29, 1.82) is 0 Å². The second-order valence-electron chi connectivity index (χ2n) is 5.52. The summed E-state index contributed by atoms with van der Waals surface area (Å²) in [5.41, 5.74) is 1.51. The molecule has 0 saturated heterocycles. The number of nitrogens with one attached hydrogen (secondary N) is 2. The maximum absolute atomic E-state index is 4.44. The largest absolute Gasteiger partial charge is 0.370 e. The summed E-state index contributed by atoms with van der Waals surface area (Å²) in [7, 11) is 0. The zero-order chi connectivity index (χ0) is 12.5. The van der Waals surface area contributed by atoms with Crippen molar-refractivity contribution in [2.45, 2.75) is 34.1 Å². The van der Waals surface area contributed by atoms with Gasteiger partial charge in [0.15, 0.2) is 0 Å². The molecule has 0 radical (unpaired) electrons. The topological polar surface area (TPSA) is 49.8 Å². The van der Waals surface area contributed by atoms with Crippen LogP contribution in [0, 0.1) is 18.3 Å². The number of hydrogen-bond acceptors (Lipinski definition) is 4. The van der Waals surface area contributed by atoms with Crippen LogP contribution in [0.2, 0.25) is 0 Å². The summed E-state index contributed by atoms with van der Waals surface area (Å²) in [4.78, 5) is 8.77. The second kappa shape index (κ2) is 4.51. The van der Waals surface area contributed by atoms with Gasteiger partial charge in [-0.05, 0) is 31.6 Å². The zero-order valence-electron chi connectivity index (χ0n) is 11.2. The number of aromatic nitrogens is 2. The third kappa shape index (κ3) is 3.08. The Balaban J connectivity index is 1.96. The fourth-order valence-corrected chi connectivity index (χ4v) is 2.05.